The molecule has 0 unspecified atom stereocenters. The Hall–Kier alpha value is -13.3. The van der Waals surface area contributed by atoms with Crippen molar-refractivity contribution < 1.29 is 0 Å². The first-order chi connectivity index (χ1) is 48.6. The Morgan fingerprint density at radius 2 is 0.663 bits per heavy atom. The van der Waals surface area contributed by atoms with E-state index in [4.69, 9.17) is 4.98 Å². The van der Waals surface area contributed by atoms with Gasteiger partial charge in [0.15, 0.2) is 0 Å². The number of para-hydroxylation sites is 4. The van der Waals surface area contributed by atoms with Gasteiger partial charge < -0.3 is 22.5 Å². The zero-order valence-corrected chi connectivity index (χ0v) is 52.4. The van der Waals surface area contributed by atoms with Gasteiger partial charge in [-0.1, -0.05) is 140 Å². The monoisotopic (exact) mass is 1240 g/mol. The molecule has 0 N–H and O–H groups in total. The lowest BCUT2D eigenvalue weighted by Gasteiger charge is -2.13. The van der Waals surface area contributed by atoms with E-state index < -0.39 is 0 Å². The van der Waals surface area contributed by atoms with Crippen molar-refractivity contribution in [2.45, 2.75) is 0 Å². The van der Waals surface area contributed by atoms with Crippen molar-refractivity contribution in [1.29, 1.82) is 0 Å². The predicted molar refractivity (Wildman–Crippen MR) is 409 cm³/mol. The molecule has 0 amide bonds. The largest absolute Gasteiger partial charge is 0.309 e. The Kier molecular flexibility index (Phi) is 9.57. The molecule has 10 aromatic heterocycles. The third kappa shape index (κ3) is 6.40. The highest BCUT2D eigenvalue weighted by Crippen LogP contribution is 2.51. The molecular weight excluding hydrogens is 1190 g/mol. The quantitative estimate of drug-likeness (QED) is 0.172. The summed E-state index contributed by atoms with van der Waals surface area (Å²) in [7, 11) is 0. The first-order valence-corrected chi connectivity index (χ1v) is 33.7. The maximum Gasteiger partial charge on any atom is 0.145 e. The number of benzene rings is 14. The first-order valence-electron chi connectivity index (χ1n) is 33.7. The summed E-state index contributed by atoms with van der Waals surface area (Å²) in [5.41, 5.74) is 23.0. The van der Waals surface area contributed by atoms with Crippen LogP contribution in [0.2, 0.25) is 0 Å². The van der Waals surface area contributed by atoms with Crippen LogP contribution in [0.4, 0.5) is 0 Å². The Morgan fingerprint density at radius 3 is 1.26 bits per heavy atom. The topological polar surface area (TPSA) is 54.3 Å². The fraction of sp³-hybridized carbons (Fsp3) is 0. The van der Waals surface area contributed by atoms with Gasteiger partial charge >= 0.3 is 0 Å². The van der Waals surface area contributed by atoms with Crippen molar-refractivity contribution in [1.82, 2.24) is 37.0 Å². The SMILES string of the molecule is c1ccc2cc3c(cc2c1)c1c2c(cc4c5ccccc5n3c41)c1ccccc1n2-c1ccc(-n2c3cccc(-c4ccc5c(c4)c4cc6c7ccccc7n7c8cc9ccccc9cc8c(c4n5-c4ccc(-n5c8ccccc8c8ccncc85)cc4)c67)c3c3cccnc32)cc1. The van der Waals surface area contributed by atoms with Gasteiger partial charge in [0.1, 0.15) is 5.65 Å². The Labute approximate surface area is 556 Å². The third-order valence-electron chi connectivity index (χ3n) is 22.1. The lowest BCUT2D eigenvalue weighted by atomic mass is 9.97. The smallest absolute Gasteiger partial charge is 0.145 e. The minimum atomic E-state index is 0.915. The fourth-order valence-corrected chi connectivity index (χ4v) is 18.1. The van der Waals surface area contributed by atoms with Gasteiger partial charge in [-0.15, -0.1) is 0 Å². The van der Waals surface area contributed by atoms with Gasteiger partial charge in [0, 0.05) is 121 Å². The molecule has 24 rings (SSSR count). The molecule has 0 fully saturated rings. The van der Waals surface area contributed by atoms with E-state index in [-0.39, 0.29) is 0 Å². The summed E-state index contributed by atoms with van der Waals surface area (Å²) in [5, 5.41) is 24.6. The van der Waals surface area contributed by atoms with Gasteiger partial charge in [0.25, 0.3) is 0 Å². The first kappa shape index (κ1) is 51.2. The third-order valence-corrected chi connectivity index (χ3v) is 22.1. The molecule has 450 valence electrons. The number of nitrogens with zero attached hydrogens (tertiary/aromatic N) is 8. The fourth-order valence-electron chi connectivity index (χ4n) is 18.1. The lowest BCUT2D eigenvalue weighted by Crippen LogP contribution is -1.98. The van der Waals surface area contributed by atoms with Gasteiger partial charge in [-0.25, -0.2) is 4.98 Å². The molecule has 0 aliphatic rings. The molecule has 0 aliphatic carbocycles. The maximum absolute atomic E-state index is 5.24. The molecule has 0 bridgehead atoms. The molecule has 0 saturated carbocycles. The van der Waals surface area contributed by atoms with Crippen LogP contribution in [-0.4, -0.2) is 37.0 Å². The summed E-state index contributed by atoms with van der Waals surface area (Å²) in [5.74, 6) is 0. The number of pyridine rings is 2. The van der Waals surface area contributed by atoms with Crippen LogP contribution < -0.4 is 0 Å². The normalized spacial score (nSPS) is 12.7. The highest BCUT2D eigenvalue weighted by Gasteiger charge is 2.29. The number of hydrogen-bond acceptors (Lipinski definition) is 2. The average Bonchev–Trinajstić information content (AvgIpc) is 1.52. The molecule has 0 spiro atoms. The van der Waals surface area contributed by atoms with E-state index in [9.17, 15) is 0 Å². The maximum atomic E-state index is 5.24. The van der Waals surface area contributed by atoms with E-state index >= 15 is 0 Å². The second-order valence-corrected chi connectivity index (χ2v) is 26.8. The minimum Gasteiger partial charge on any atom is -0.309 e. The van der Waals surface area contributed by atoms with Gasteiger partial charge in [-0.2, -0.15) is 0 Å². The zero-order valence-electron chi connectivity index (χ0n) is 52.4. The van der Waals surface area contributed by atoms with Crippen LogP contribution in [0.15, 0.2) is 304 Å². The van der Waals surface area contributed by atoms with Gasteiger partial charge in [0.2, 0.25) is 0 Å². The summed E-state index contributed by atoms with van der Waals surface area (Å²) in [6, 6.07) is 107. The Morgan fingerprint density at radius 1 is 0.224 bits per heavy atom. The highest BCUT2D eigenvalue weighted by molar-refractivity contribution is 6.37. The number of rotatable bonds is 5. The van der Waals surface area contributed by atoms with E-state index in [2.05, 4.69) is 317 Å². The summed E-state index contributed by atoms with van der Waals surface area (Å²) < 4.78 is 14.8. The van der Waals surface area contributed by atoms with Crippen LogP contribution in [-0.2, 0) is 0 Å². The highest BCUT2D eigenvalue weighted by atomic mass is 15.1. The van der Waals surface area contributed by atoms with Crippen LogP contribution in [0.1, 0.15) is 0 Å². The van der Waals surface area contributed by atoms with Gasteiger partial charge in [0.05, 0.1) is 77.9 Å². The van der Waals surface area contributed by atoms with Crippen LogP contribution in [0, 0.1) is 0 Å². The number of fused-ring (bicyclic) bond motifs is 28. The van der Waals surface area contributed by atoms with Crippen LogP contribution in [0.25, 0.3) is 219 Å². The molecule has 0 aliphatic heterocycles. The zero-order chi connectivity index (χ0) is 63.3. The Bertz CT molecular complexity index is 7600. The molecular formula is C90H50N8. The van der Waals surface area contributed by atoms with Crippen LogP contribution in [0.5, 0.6) is 0 Å². The van der Waals surface area contributed by atoms with Crippen molar-refractivity contribution >= 4 is 185 Å². The van der Waals surface area contributed by atoms with Gasteiger partial charge in [-0.05, 0) is 178 Å². The van der Waals surface area contributed by atoms with E-state index in [0.29, 0.717) is 0 Å². The van der Waals surface area contributed by atoms with Crippen molar-refractivity contribution in [3.05, 3.63) is 304 Å². The Balaban J connectivity index is 0.720. The van der Waals surface area contributed by atoms with E-state index in [1.165, 1.54) is 152 Å². The summed E-state index contributed by atoms with van der Waals surface area (Å²) in [6.45, 7) is 0. The lowest BCUT2D eigenvalue weighted by molar-refractivity contribution is 1.12. The molecule has 10 heterocycles. The molecule has 8 nitrogen and oxygen atoms in total. The van der Waals surface area contributed by atoms with E-state index in [0.717, 1.165) is 67.0 Å². The summed E-state index contributed by atoms with van der Waals surface area (Å²) in [6.07, 6.45) is 5.82. The molecule has 98 heavy (non-hydrogen) atoms. The van der Waals surface area contributed by atoms with Crippen molar-refractivity contribution in [2.24, 2.45) is 0 Å². The average molecular weight is 1240 g/mol. The van der Waals surface area contributed by atoms with Crippen molar-refractivity contribution in [2.75, 3.05) is 0 Å². The number of aromatic nitrogens is 8. The molecule has 8 heteroatoms. The summed E-state index contributed by atoms with van der Waals surface area (Å²) in [4.78, 5) is 9.86. The molecule has 0 saturated heterocycles. The van der Waals surface area contributed by atoms with E-state index in [1.54, 1.807) is 0 Å². The van der Waals surface area contributed by atoms with Crippen molar-refractivity contribution in [3.8, 4) is 33.9 Å². The second kappa shape index (κ2) is 18.3. The standard InChI is InChI=1S/C90H50N8/c1-3-17-53-46-80-72(43-51(53)15-1)84-86-68(48-69-63-21-7-11-27-76(63)97(80)88(69)84)62-20-6-10-26-75(62)94(86)57-35-37-59(38-36-57)96-79-29-13-23-60(83(79)66-24-14-41-92-90(66)96)55-30-39-78-67(45-55)71-49-70-64-22-8-12-28-77(64)98-81-47-54-18-4-2-16-52(54)44-73(81)85(89(70)98)87(71)95(78)58-33-31-56(32-34-58)93-74-25-9-5-19-61(74)65-40-42-91-50-82(65)93/h1-50H. The van der Waals surface area contributed by atoms with Crippen LogP contribution in [0.3, 0.4) is 0 Å². The van der Waals surface area contributed by atoms with Crippen molar-refractivity contribution in [3.63, 3.8) is 0 Å². The molecule has 24 aromatic rings. The van der Waals surface area contributed by atoms with Gasteiger partial charge in [-0.3, -0.25) is 9.55 Å². The summed E-state index contributed by atoms with van der Waals surface area (Å²) >= 11 is 0. The van der Waals surface area contributed by atoms with E-state index in [1.807, 2.05) is 18.6 Å². The minimum absolute atomic E-state index is 0.915. The van der Waals surface area contributed by atoms with Crippen LogP contribution >= 0.6 is 0 Å². The predicted octanol–water partition coefficient (Wildman–Crippen LogP) is 23.1. The molecule has 0 atom stereocenters. The number of hydrogen-bond donors (Lipinski definition) is 0. The molecule has 14 aromatic carbocycles. The molecule has 0 radical (unpaired) electrons. The second-order valence-electron chi connectivity index (χ2n) is 26.8.